The molecule has 6 nitrogen and oxygen atoms in total. The fourth-order valence-corrected chi connectivity index (χ4v) is 2.73. The Hall–Kier alpha value is -1.37. The maximum Gasteiger partial charge on any atom is 0.223 e. The molecule has 2 heterocycles. The van der Waals surface area contributed by atoms with E-state index in [2.05, 4.69) is 16.7 Å². The van der Waals surface area contributed by atoms with Gasteiger partial charge in [-0.25, -0.2) is 0 Å². The number of rotatable bonds is 6. The van der Waals surface area contributed by atoms with E-state index in [9.17, 15) is 9.90 Å². The lowest BCUT2D eigenvalue weighted by Gasteiger charge is -2.34. The second-order valence-corrected chi connectivity index (χ2v) is 5.55. The van der Waals surface area contributed by atoms with E-state index in [1.165, 1.54) is 0 Å². The summed E-state index contributed by atoms with van der Waals surface area (Å²) >= 11 is 0. The highest BCUT2D eigenvalue weighted by atomic mass is 16.3. The fraction of sp³-hybridized carbons (Fsp3) is 0.667. The van der Waals surface area contributed by atoms with Crippen LogP contribution < -0.4 is 5.43 Å². The molecule has 0 amide bonds. The van der Waals surface area contributed by atoms with Gasteiger partial charge < -0.3 is 14.8 Å². The second kappa shape index (κ2) is 7.59. The van der Waals surface area contributed by atoms with Gasteiger partial charge in [0.2, 0.25) is 5.43 Å². The Labute approximate surface area is 125 Å². The van der Waals surface area contributed by atoms with Crippen LogP contribution in [-0.4, -0.2) is 63.9 Å². The molecule has 0 aliphatic carbocycles. The summed E-state index contributed by atoms with van der Waals surface area (Å²) in [5.74, 6) is -0.181. The van der Waals surface area contributed by atoms with Crippen molar-refractivity contribution in [2.24, 2.45) is 0 Å². The summed E-state index contributed by atoms with van der Waals surface area (Å²) in [5, 5.41) is 18.5. The Balaban J connectivity index is 2.02. The number of pyridine rings is 1. The van der Waals surface area contributed by atoms with Gasteiger partial charge in [-0.05, 0) is 6.42 Å². The summed E-state index contributed by atoms with van der Waals surface area (Å²) in [6.45, 7) is 8.28. The van der Waals surface area contributed by atoms with Gasteiger partial charge in [0.05, 0.1) is 12.8 Å². The maximum absolute atomic E-state index is 11.7. The highest BCUT2D eigenvalue weighted by molar-refractivity contribution is 5.20. The van der Waals surface area contributed by atoms with Crippen molar-refractivity contribution in [2.45, 2.75) is 26.4 Å². The molecule has 118 valence electrons. The van der Waals surface area contributed by atoms with Gasteiger partial charge in [0.25, 0.3) is 0 Å². The summed E-state index contributed by atoms with van der Waals surface area (Å²) in [7, 11) is 0. The molecule has 0 aromatic carbocycles. The predicted octanol–water partition coefficient (Wildman–Crippen LogP) is 0.0738. The molecule has 0 spiro atoms. The van der Waals surface area contributed by atoms with E-state index in [-0.39, 0.29) is 17.8 Å². The Bertz CT molecular complexity index is 507. The molecule has 2 N–H and O–H groups in total. The molecular weight excluding hydrogens is 270 g/mol. The van der Waals surface area contributed by atoms with Crippen LogP contribution in [0.1, 0.15) is 19.0 Å². The van der Waals surface area contributed by atoms with Gasteiger partial charge in [-0.3, -0.25) is 14.6 Å². The number of β-amino-alcohol motifs (C(OH)–C–C–N with tert-alkyl or cyclic N) is 1. The summed E-state index contributed by atoms with van der Waals surface area (Å²) in [4.78, 5) is 16.2. The van der Waals surface area contributed by atoms with Crippen molar-refractivity contribution in [1.29, 1.82) is 0 Å². The van der Waals surface area contributed by atoms with E-state index in [0.29, 0.717) is 0 Å². The zero-order valence-electron chi connectivity index (χ0n) is 12.7. The standard InChI is InChI=1S/C15H25N3O3/c1-2-3-18-12-15(21)14(20)10-13(18)11-17-6-4-16(5-7-17)8-9-19/h10,12,19,21H,2-9,11H2,1H3. The quantitative estimate of drug-likeness (QED) is 0.777. The Morgan fingerprint density at radius 3 is 2.43 bits per heavy atom. The molecule has 0 unspecified atom stereocenters. The molecule has 1 saturated heterocycles. The number of piperazine rings is 1. The molecule has 1 aromatic heterocycles. The van der Waals surface area contributed by atoms with Gasteiger partial charge in [0.15, 0.2) is 5.75 Å². The molecule has 1 aromatic rings. The molecule has 0 atom stereocenters. The van der Waals surface area contributed by atoms with Crippen LogP contribution in [0.15, 0.2) is 17.1 Å². The molecule has 0 bridgehead atoms. The Kier molecular flexibility index (Phi) is 5.78. The van der Waals surface area contributed by atoms with Crippen LogP contribution in [-0.2, 0) is 13.1 Å². The summed E-state index contributed by atoms with van der Waals surface area (Å²) in [5.41, 5.74) is 0.645. The van der Waals surface area contributed by atoms with Crippen molar-refractivity contribution in [1.82, 2.24) is 14.4 Å². The predicted molar refractivity (Wildman–Crippen MR) is 81.5 cm³/mol. The van der Waals surface area contributed by atoms with Gasteiger partial charge in [-0.2, -0.15) is 0 Å². The topological polar surface area (TPSA) is 68.9 Å². The van der Waals surface area contributed by atoms with E-state index < -0.39 is 0 Å². The van der Waals surface area contributed by atoms with Crippen LogP contribution in [0, 0.1) is 0 Å². The smallest absolute Gasteiger partial charge is 0.223 e. The first-order valence-electron chi connectivity index (χ1n) is 7.62. The summed E-state index contributed by atoms with van der Waals surface area (Å²) in [6.07, 6.45) is 2.50. The van der Waals surface area contributed by atoms with Crippen molar-refractivity contribution in [3.63, 3.8) is 0 Å². The van der Waals surface area contributed by atoms with E-state index in [1.54, 1.807) is 12.3 Å². The minimum atomic E-state index is -0.309. The zero-order valence-corrected chi connectivity index (χ0v) is 12.7. The van der Waals surface area contributed by atoms with Crippen LogP contribution in [0.5, 0.6) is 5.75 Å². The summed E-state index contributed by atoms with van der Waals surface area (Å²) in [6, 6.07) is 1.55. The molecule has 1 aliphatic heterocycles. The largest absolute Gasteiger partial charge is 0.503 e. The lowest BCUT2D eigenvalue weighted by Crippen LogP contribution is -2.47. The van der Waals surface area contributed by atoms with Crippen molar-refractivity contribution in [2.75, 3.05) is 39.3 Å². The third-order valence-electron chi connectivity index (χ3n) is 3.93. The van der Waals surface area contributed by atoms with Crippen LogP contribution in [0.25, 0.3) is 0 Å². The van der Waals surface area contributed by atoms with Crippen LogP contribution in [0.2, 0.25) is 0 Å². The number of aliphatic hydroxyl groups excluding tert-OH is 1. The van der Waals surface area contributed by atoms with Gasteiger partial charge in [-0.1, -0.05) is 6.92 Å². The van der Waals surface area contributed by atoms with Crippen molar-refractivity contribution < 1.29 is 10.2 Å². The van der Waals surface area contributed by atoms with Crippen molar-refractivity contribution in [3.8, 4) is 5.75 Å². The fourth-order valence-electron chi connectivity index (χ4n) is 2.73. The van der Waals surface area contributed by atoms with Gasteiger partial charge in [0.1, 0.15) is 0 Å². The highest BCUT2D eigenvalue weighted by Gasteiger charge is 2.17. The van der Waals surface area contributed by atoms with E-state index in [1.807, 2.05) is 4.57 Å². The normalized spacial score (nSPS) is 17.2. The zero-order chi connectivity index (χ0) is 15.2. The molecule has 2 rings (SSSR count). The number of aromatic nitrogens is 1. The molecular formula is C15H25N3O3. The van der Waals surface area contributed by atoms with Gasteiger partial charge in [0, 0.05) is 57.6 Å². The molecule has 6 heteroatoms. The minimum absolute atomic E-state index is 0.181. The van der Waals surface area contributed by atoms with Crippen LogP contribution in [0.4, 0.5) is 0 Å². The summed E-state index contributed by atoms with van der Waals surface area (Å²) < 4.78 is 1.97. The van der Waals surface area contributed by atoms with Gasteiger partial charge in [-0.15, -0.1) is 0 Å². The maximum atomic E-state index is 11.7. The number of aryl methyl sites for hydroxylation is 1. The Morgan fingerprint density at radius 1 is 1.14 bits per heavy atom. The third-order valence-corrected chi connectivity index (χ3v) is 3.93. The molecule has 1 fully saturated rings. The first kappa shape index (κ1) is 16.0. The first-order chi connectivity index (χ1) is 10.1. The van der Waals surface area contributed by atoms with Crippen molar-refractivity contribution >= 4 is 0 Å². The molecule has 0 radical (unpaired) electrons. The average molecular weight is 295 g/mol. The number of aliphatic hydroxyl groups is 1. The van der Waals surface area contributed by atoms with Crippen LogP contribution in [0.3, 0.4) is 0 Å². The van der Waals surface area contributed by atoms with Crippen molar-refractivity contribution in [3.05, 3.63) is 28.2 Å². The SMILES string of the molecule is CCCn1cc(O)c(=O)cc1CN1CCN(CCO)CC1. The number of aromatic hydroxyl groups is 1. The number of hydrogen-bond donors (Lipinski definition) is 2. The molecule has 1 aliphatic rings. The second-order valence-electron chi connectivity index (χ2n) is 5.55. The lowest BCUT2D eigenvalue weighted by molar-refractivity contribution is 0.107. The highest BCUT2D eigenvalue weighted by Crippen LogP contribution is 2.11. The average Bonchev–Trinajstić information content (AvgIpc) is 2.47. The minimum Gasteiger partial charge on any atom is -0.503 e. The Morgan fingerprint density at radius 2 is 1.81 bits per heavy atom. The third kappa shape index (κ3) is 4.30. The van der Waals surface area contributed by atoms with E-state index in [4.69, 9.17) is 5.11 Å². The van der Waals surface area contributed by atoms with E-state index in [0.717, 1.165) is 57.9 Å². The molecule has 21 heavy (non-hydrogen) atoms. The van der Waals surface area contributed by atoms with E-state index >= 15 is 0 Å². The first-order valence-corrected chi connectivity index (χ1v) is 7.62. The number of nitrogens with zero attached hydrogens (tertiary/aromatic N) is 3. The van der Waals surface area contributed by atoms with Gasteiger partial charge >= 0.3 is 0 Å². The number of hydrogen-bond acceptors (Lipinski definition) is 5. The van der Waals surface area contributed by atoms with Crippen LogP contribution >= 0.6 is 0 Å². The monoisotopic (exact) mass is 295 g/mol. The molecule has 0 saturated carbocycles. The lowest BCUT2D eigenvalue weighted by atomic mass is 10.2.